The molecule has 1 unspecified atom stereocenters. The summed E-state index contributed by atoms with van der Waals surface area (Å²) in [5, 5.41) is 8.27. The van der Waals surface area contributed by atoms with Crippen LogP contribution in [0.2, 0.25) is 5.02 Å². The number of rotatable bonds is 5. The first kappa shape index (κ1) is 13.8. The summed E-state index contributed by atoms with van der Waals surface area (Å²) in [4.78, 5) is 4.02. The fourth-order valence-corrected chi connectivity index (χ4v) is 2.32. The van der Waals surface area contributed by atoms with Gasteiger partial charge in [-0.1, -0.05) is 18.5 Å². The number of ether oxygens (including phenoxy) is 1. The maximum atomic E-state index is 6.25. The number of aryl methyl sites for hydroxylation is 1. The Hall–Kier alpha value is -1.59. The van der Waals surface area contributed by atoms with Gasteiger partial charge in [0.2, 0.25) is 0 Å². The Morgan fingerprint density at radius 2 is 2.26 bits per heavy atom. The van der Waals surface area contributed by atoms with E-state index in [0.717, 1.165) is 23.6 Å². The monoisotopic (exact) mass is 280 g/mol. The van der Waals surface area contributed by atoms with Crippen LogP contribution in [0.5, 0.6) is 5.75 Å². The van der Waals surface area contributed by atoms with Gasteiger partial charge in [0, 0.05) is 19.4 Å². The van der Waals surface area contributed by atoms with Crippen LogP contribution in [0.4, 0.5) is 0 Å². The molecule has 0 aliphatic rings. The van der Waals surface area contributed by atoms with Crippen LogP contribution in [0.1, 0.15) is 24.2 Å². The molecule has 6 heteroatoms. The van der Waals surface area contributed by atoms with E-state index in [9.17, 15) is 0 Å². The van der Waals surface area contributed by atoms with Crippen molar-refractivity contribution in [3.05, 3.63) is 40.9 Å². The zero-order chi connectivity index (χ0) is 13.8. The third-order valence-corrected chi connectivity index (χ3v) is 3.28. The highest BCUT2D eigenvalue weighted by Crippen LogP contribution is 2.32. The second-order valence-corrected chi connectivity index (χ2v) is 4.52. The Bertz CT molecular complexity index is 555. The van der Waals surface area contributed by atoms with Crippen molar-refractivity contribution >= 4 is 11.6 Å². The predicted molar refractivity (Wildman–Crippen MR) is 74.5 cm³/mol. The standard InChI is InChI=1S/C13H17ClN4O/c1-4-16-12(9-5-6-15-7-10(9)14)13-11(19-3)8-17-18(13)2/h5-8,12,16H,4H2,1-3H3. The molecule has 2 aromatic rings. The van der Waals surface area contributed by atoms with E-state index in [0.29, 0.717) is 5.02 Å². The summed E-state index contributed by atoms with van der Waals surface area (Å²) in [5.74, 6) is 0.737. The van der Waals surface area contributed by atoms with Crippen molar-refractivity contribution in [1.29, 1.82) is 0 Å². The Balaban J connectivity index is 2.51. The molecule has 0 aromatic carbocycles. The van der Waals surface area contributed by atoms with Gasteiger partial charge < -0.3 is 10.1 Å². The lowest BCUT2D eigenvalue weighted by atomic mass is 10.0. The van der Waals surface area contributed by atoms with Crippen LogP contribution in [0, 0.1) is 0 Å². The molecule has 102 valence electrons. The van der Waals surface area contributed by atoms with Gasteiger partial charge in [0.25, 0.3) is 0 Å². The molecule has 0 radical (unpaired) electrons. The zero-order valence-electron chi connectivity index (χ0n) is 11.2. The number of aromatic nitrogens is 3. The van der Waals surface area contributed by atoms with Crippen molar-refractivity contribution in [3.63, 3.8) is 0 Å². The summed E-state index contributed by atoms with van der Waals surface area (Å²) in [7, 11) is 3.52. The predicted octanol–water partition coefficient (Wildman–Crippen LogP) is 2.18. The summed E-state index contributed by atoms with van der Waals surface area (Å²) in [5.41, 5.74) is 1.90. The van der Waals surface area contributed by atoms with Gasteiger partial charge in [-0.05, 0) is 18.2 Å². The quantitative estimate of drug-likeness (QED) is 0.912. The molecule has 0 saturated heterocycles. The summed E-state index contributed by atoms with van der Waals surface area (Å²) in [6, 6.07) is 1.82. The molecule has 0 bridgehead atoms. The maximum Gasteiger partial charge on any atom is 0.161 e. The lowest BCUT2D eigenvalue weighted by Crippen LogP contribution is -2.25. The minimum Gasteiger partial charge on any atom is -0.493 e. The summed E-state index contributed by atoms with van der Waals surface area (Å²) < 4.78 is 7.17. The van der Waals surface area contributed by atoms with Crippen molar-refractivity contribution in [3.8, 4) is 5.75 Å². The largest absolute Gasteiger partial charge is 0.493 e. The van der Waals surface area contributed by atoms with Crippen LogP contribution in [-0.4, -0.2) is 28.4 Å². The summed E-state index contributed by atoms with van der Waals surface area (Å²) in [6.45, 7) is 2.85. The van der Waals surface area contributed by atoms with Gasteiger partial charge in [0.1, 0.15) is 5.69 Å². The first-order valence-corrected chi connectivity index (χ1v) is 6.45. The lowest BCUT2D eigenvalue weighted by molar-refractivity contribution is 0.401. The molecule has 0 saturated carbocycles. The van der Waals surface area contributed by atoms with Gasteiger partial charge >= 0.3 is 0 Å². The van der Waals surface area contributed by atoms with Crippen molar-refractivity contribution < 1.29 is 4.74 Å². The number of halogens is 1. The fraction of sp³-hybridized carbons (Fsp3) is 0.385. The molecule has 0 amide bonds. The SMILES string of the molecule is CCNC(c1ccncc1Cl)c1c(OC)cnn1C. The number of methoxy groups -OCH3 is 1. The highest BCUT2D eigenvalue weighted by molar-refractivity contribution is 6.31. The molecule has 19 heavy (non-hydrogen) atoms. The van der Waals surface area contributed by atoms with Gasteiger partial charge in [-0.25, -0.2) is 0 Å². The van der Waals surface area contributed by atoms with E-state index in [1.54, 1.807) is 30.4 Å². The fourth-order valence-electron chi connectivity index (χ4n) is 2.09. The Labute approximate surface area is 117 Å². The van der Waals surface area contributed by atoms with Crippen LogP contribution < -0.4 is 10.1 Å². The first-order valence-electron chi connectivity index (χ1n) is 6.07. The minimum atomic E-state index is -0.0806. The van der Waals surface area contributed by atoms with E-state index >= 15 is 0 Å². The van der Waals surface area contributed by atoms with Gasteiger partial charge in [0.15, 0.2) is 5.75 Å². The third-order valence-electron chi connectivity index (χ3n) is 2.97. The summed E-state index contributed by atoms with van der Waals surface area (Å²) in [6.07, 6.45) is 5.08. The molecule has 2 aromatic heterocycles. The number of nitrogens with zero attached hydrogens (tertiary/aromatic N) is 3. The second kappa shape index (κ2) is 6.04. The van der Waals surface area contributed by atoms with Gasteiger partial charge in [-0.2, -0.15) is 5.10 Å². The van der Waals surface area contributed by atoms with Crippen molar-refractivity contribution in [2.75, 3.05) is 13.7 Å². The van der Waals surface area contributed by atoms with Crippen LogP contribution in [-0.2, 0) is 7.05 Å². The van der Waals surface area contributed by atoms with Gasteiger partial charge in [-0.15, -0.1) is 0 Å². The van der Waals surface area contributed by atoms with E-state index in [-0.39, 0.29) is 6.04 Å². The molecule has 2 heterocycles. The Morgan fingerprint density at radius 3 is 2.89 bits per heavy atom. The molecule has 0 aliphatic heterocycles. The average Bonchev–Trinajstić information content (AvgIpc) is 2.78. The highest BCUT2D eigenvalue weighted by atomic mass is 35.5. The molecule has 0 aliphatic carbocycles. The van der Waals surface area contributed by atoms with E-state index in [1.807, 2.05) is 20.0 Å². The van der Waals surface area contributed by atoms with Crippen LogP contribution in [0.15, 0.2) is 24.7 Å². The summed E-state index contributed by atoms with van der Waals surface area (Å²) >= 11 is 6.25. The Kier molecular flexibility index (Phi) is 4.39. The van der Waals surface area contributed by atoms with Crippen LogP contribution in [0.25, 0.3) is 0 Å². The van der Waals surface area contributed by atoms with Crippen molar-refractivity contribution in [2.45, 2.75) is 13.0 Å². The van der Waals surface area contributed by atoms with Crippen molar-refractivity contribution in [2.24, 2.45) is 7.05 Å². The molecule has 2 rings (SSSR count). The number of hydrogen-bond acceptors (Lipinski definition) is 4. The van der Waals surface area contributed by atoms with Crippen LogP contribution in [0.3, 0.4) is 0 Å². The van der Waals surface area contributed by atoms with Gasteiger partial charge in [0.05, 0.1) is 24.4 Å². The normalized spacial score (nSPS) is 12.4. The smallest absolute Gasteiger partial charge is 0.161 e. The topological polar surface area (TPSA) is 52.0 Å². The molecule has 1 atom stereocenters. The minimum absolute atomic E-state index is 0.0806. The Morgan fingerprint density at radius 1 is 1.47 bits per heavy atom. The van der Waals surface area contributed by atoms with Crippen molar-refractivity contribution in [1.82, 2.24) is 20.1 Å². The van der Waals surface area contributed by atoms with E-state index in [4.69, 9.17) is 16.3 Å². The zero-order valence-corrected chi connectivity index (χ0v) is 12.0. The van der Waals surface area contributed by atoms with E-state index < -0.39 is 0 Å². The maximum absolute atomic E-state index is 6.25. The third kappa shape index (κ3) is 2.72. The first-order chi connectivity index (χ1) is 9.19. The average molecular weight is 281 g/mol. The number of nitrogens with one attached hydrogen (secondary N) is 1. The lowest BCUT2D eigenvalue weighted by Gasteiger charge is -2.20. The molecule has 1 N–H and O–H groups in total. The number of hydrogen-bond donors (Lipinski definition) is 1. The highest BCUT2D eigenvalue weighted by Gasteiger charge is 2.23. The molecule has 0 spiro atoms. The van der Waals surface area contributed by atoms with E-state index in [2.05, 4.69) is 15.4 Å². The molecule has 0 fully saturated rings. The van der Waals surface area contributed by atoms with Gasteiger partial charge in [-0.3, -0.25) is 9.67 Å². The molecule has 5 nitrogen and oxygen atoms in total. The molecular formula is C13H17ClN4O. The molecular weight excluding hydrogens is 264 g/mol. The van der Waals surface area contributed by atoms with Crippen LogP contribution >= 0.6 is 11.6 Å². The van der Waals surface area contributed by atoms with E-state index in [1.165, 1.54) is 0 Å². The number of pyridine rings is 1. The second-order valence-electron chi connectivity index (χ2n) is 4.11.